The molecule has 0 radical (unpaired) electrons. The molecule has 0 spiro atoms. The van der Waals surface area contributed by atoms with Crippen LogP contribution in [0.3, 0.4) is 0 Å². The zero-order valence-corrected chi connectivity index (χ0v) is 16.9. The number of hydrogen-bond acceptors (Lipinski definition) is 4. The molecule has 30 heavy (non-hydrogen) atoms. The Morgan fingerprint density at radius 2 is 1.97 bits per heavy atom. The van der Waals surface area contributed by atoms with Crippen LogP contribution in [0.5, 0.6) is 5.75 Å². The molecule has 1 fully saturated rings. The minimum absolute atomic E-state index is 0.0321. The number of aromatic carboxylic acids is 1. The number of nitrogens with zero attached hydrogens (tertiary/aromatic N) is 3. The summed E-state index contributed by atoms with van der Waals surface area (Å²) in [5.41, 5.74) is 3.12. The van der Waals surface area contributed by atoms with Crippen molar-refractivity contribution in [3.63, 3.8) is 0 Å². The molecule has 0 unspecified atom stereocenters. The fraction of sp³-hybridized carbons (Fsp3) is 0.348. The van der Waals surface area contributed by atoms with Crippen molar-refractivity contribution in [2.24, 2.45) is 5.92 Å². The highest BCUT2D eigenvalue weighted by molar-refractivity contribution is 5.89. The first-order chi connectivity index (χ1) is 14.4. The monoisotopic (exact) mass is 405 g/mol. The second-order valence-corrected chi connectivity index (χ2v) is 8.54. The van der Waals surface area contributed by atoms with Crippen LogP contribution in [0.15, 0.2) is 41.3 Å². The lowest BCUT2D eigenvalue weighted by molar-refractivity contribution is 0.0694. The maximum absolute atomic E-state index is 12.6. The van der Waals surface area contributed by atoms with E-state index in [1.807, 2.05) is 21.4 Å². The molecule has 154 valence electrons. The molecule has 7 heteroatoms. The molecular weight excluding hydrogens is 382 g/mol. The molecule has 2 aliphatic rings. The van der Waals surface area contributed by atoms with Gasteiger partial charge in [-0.3, -0.25) is 9.48 Å². The van der Waals surface area contributed by atoms with Gasteiger partial charge in [-0.15, -0.1) is 0 Å². The van der Waals surface area contributed by atoms with Crippen molar-refractivity contribution in [3.05, 3.63) is 58.0 Å². The zero-order valence-electron chi connectivity index (χ0n) is 16.9. The van der Waals surface area contributed by atoms with Crippen molar-refractivity contribution in [1.82, 2.24) is 14.3 Å². The standard InChI is InChI=1S/C23H23N3O4/c1-12(2)17-11-26-22(16-9-19(28)15(23(29)30)10-25(16)17)20(21(24-26)13-7-8-13)14-5-3-4-6-18(14)27/h3-6,9-10,12-13,17,27H,7-8,11H2,1-2H3,(H,29,30)/t17-/m0/s1. The first-order valence-corrected chi connectivity index (χ1v) is 10.3. The van der Waals surface area contributed by atoms with Crippen molar-refractivity contribution in [1.29, 1.82) is 0 Å². The topological polar surface area (TPSA) is 97.3 Å². The number of carboxylic acids is 1. The number of phenolic OH excluding ortho intramolecular Hbond substituents is 1. The highest BCUT2D eigenvalue weighted by Gasteiger charge is 2.37. The number of aromatic nitrogens is 3. The van der Waals surface area contributed by atoms with Crippen LogP contribution in [0, 0.1) is 5.92 Å². The Morgan fingerprint density at radius 3 is 2.60 bits per heavy atom. The third-order valence-electron chi connectivity index (χ3n) is 6.16. The van der Waals surface area contributed by atoms with Gasteiger partial charge in [0.1, 0.15) is 11.3 Å². The van der Waals surface area contributed by atoms with Crippen molar-refractivity contribution in [2.45, 2.75) is 45.2 Å². The number of pyridine rings is 1. The summed E-state index contributed by atoms with van der Waals surface area (Å²) < 4.78 is 3.85. The number of para-hydroxylation sites is 1. The zero-order chi connectivity index (χ0) is 21.2. The Balaban J connectivity index is 1.84. The minimum atomic E-state index is -1.23. The van der Waals surface area contributed by atoms with Crippen molar-refractivity contribution in [2.75, 3.05) is 0 Å². The molecule has 1 aromatic carbocycles. The molecule has 0 bridgehead atoms. The summed E-state index contributed by atoms with van der Waals surface area (Å²) in [5, 5.41) is 25.0. The average molecular weight is 405 g/mol. The van der Waals surface area contributed by atoms with E-state index in [1.165, 1.54) is 12.3 Å². The summed E-state index contributed by atoms with van der Waals surface area (Å²) >= 11 is 0. The Hall–Kier alpha value is -3.35. The van der Waals surface area contributed by atoms with E-state index in [4.69, 9.17) is 5.10 Å². The van der Waals surface area contributed by atoms with Crippen molar-refractivity contribution in [3.8, 4) is 28.3 Å². The third kappa shape index (κ3) is 2.76. The number of phenols is 1. The molecule has 3 aromatic rings. The van der Waals surface area contributed by atoms with Gasteiger partial charge in [0.05, 0.1) is 29.7 Å². The molecule has 1 aliphatic carbocycles. The molecule has 3 heterocycles. The summed E-state index contributed by atoms with van der Waals surface area (Å²) in [6.07, 6.45) is 3.57. The largest absolute Gasteiger partial charge is 0.507 e. The first kappa shape index (κ1) is 18.7. The van der Waals surface area contributed by atoms with Gasteiger partial charge >= 0.3 is 5.97 Å². The fourth-order valence-corrected chi connectivity index (χ4v) is 4.44. The van der Waals surface area contributed by atoms with E-state index in [0.717, 1.165) is 29.8 Å². The van der Waals surface area contributed by atoms with Crippen LogP contribution in [-0.2, 0) is 6.54 Å². The number of hydrogen-bond donors (Lipinski definition) is 2. The van der Waals surface area contributed by atoms with Crippen LogP contribution >= 0.6 is 0 Å². The first-order valence-electron chi connectivity index (χ1n) is 10.3. The summed E-state index contributed by atoms with van der Waals surface area (Å²) in [7, 11) is 0. The highest BCUT2D eigenvalue weighted by Crippen LogP contribution is 2.50. The molecule has 1 aliphatic heterocycles. The van der Waals surface area contributed by atoms with E-state index in [-0.39, 0.29) is 23.3 Å². The van der Waals surface area contributed by atoms with Gasteiger partial charge < -0.3 is 14.8 Å². The van der Waals surface area contributed by atoms with Crippen LogP contribution in [0.1, 0.15) is 54.7 Å². The van der Waals surface area contributed by atoms with Gasteiger partial charge in [0, 0.05) is 29.3 Å². The third-order valence-corrected chi connectivity index (χ3v) is 6.16. The van der Waals surface area contributed by atoms with Crippen LogP contribution < -0.4 is 5.43 Å². The van der Waals surface area contributed by atoms with Gasteiger partial charge in [0.2, 0.25) is 0 Å². The SMILES string of the molecule is CC(C)[C@@H]1Cn2nc(C3CC3)c(-c3ccccc3O)c2-c2cc(=O)c(C(=O)O)cn21. The minimum Gasteiger partial charge on any atom is -0.507 e. The molecule has 0 amide bonds. The number of rotatable bonds is 4. The Labute approximate surface area is 173 Å². The van der Waals surface area contributed by atoms with Gasteiger partial charge in [0.15, 0.2) is 5.43 Å². The number of fused-ring (bicyclic) bond motifs is 3. The fourth-order valence-electron chi connectivity index (χ4n) is 4.44. The molecule has 2 N–H and O–H groups in total. The normalized spacial score (nSPS) is 17.6. The molecule has 2 aromatic heterocycles. The summed E-state index contributed by atoms with van der Waals surface area (Å²) in [6, 6.07) is 8.54. The average Bonchev–Trinajstić information content (AvgIpc) is 3.47. The quantitative estimate of drug-likeness (QED) is 0.687. The van der Waals surface area contributed by atoms with E-state index in [9.17, 15) is 19.8 Å². The molecule has 1 atom stereocenters. The lowest BCUT2D eigenvalue weighted by Gasteiger charge is -2.32. The highest BCUT2D eigenvalue weighted by atomic mass is 16.4. The van der Waals surface area contributed by atoms with E-state index in [2.05, 4.69) is 13.8 Å². The number of aromatic hydroxyl groups is 1. The smallest absolute Gasteiger partial charge is 0.341 e. The Morgan fingerprint density at radius 1 is 1.23 bits per heavy atom. The van der Waals surface area contributed by atoms with Crippen molar-refractivity contribution < 1.29 is 15.0 Å². The summed E-state index contributed by atoms with van der Waals surface area (Å²) in [4.78, 5) is 24.2. The summed E-state index contributed by atoms with van der Waals surface area (Å²) in [5.74, 6) is -0.509. The van der Waals surface area contributed by atoms with Crippen LogP contribution in [0.25, 0.3) is 22.5 Å². The van der Waals surface area contributed by atoms with Gasteiger partial charge in [-0.05, 0) is 24.8 Å². The Bertz CT molecular complexity index is 1230. The van der Waals surface area contributed by atoms with Crippen molar-refractivity contribution >= 4 is 5.97 Å². The van der Waals surface area contributed by atoms with Gasteiger partial charge in [0.25, 0.3) is 0 Å². The molecule has 1 saturated carbocycles. The molecule has 7 nitrogen and oxygen atoms in total. The van der Waals surface area contributed by atoms with Gasteiger partial charge in [-0.25, -0.2) is 4.79 Å². The lowest BCUT2D eigenvalue weighted by atomic mass is 9.94. The molecule has 5 rings (SSSR count). The number of carboxylic acid groups (broad SMARTS) is 1. The summed E-state index contributed by atoms with van der Waals surface area (Å²) in [6.45, 7) is 4.73. The van der Waals surface area contributed by atoms with Gasteiger partial charge in [-0.2, -0.15) is 5.10 Å². The number of benzene rings is 1. The maximum Gasteiger partial charge on any atom is 0.341 e. The lowest BCUT2D eigenvalue weighted by Crippen LogP contribution is -2.31. The second-order valence-electron chi connectivity index (χ2n) is 8.54. The predicted octanol–water partition coefficient (Wildman–Crippen LogP) is 3.87. The van der Waals surface area contributed by atoms with Gasteiger partial charge in [-0.1, -0.05) is 32.0 Å². The van der Waals surface area contributed by atoms with E-state index in [1.54, 1.807) is 12.1 Å². The predicted molar refractivity (Wildman–Crippen MR) is 112 cm³/mol. The number of carbonyl (C=O) groups is 1. The van der Waals surface area contributed by atoms with E-state index >= 15 is 0 Å². The van der Waals surface area contributed by atoms with Crippen LogP contribution in [-0.4, -0.2) is 30.5 Å². The van der Waals surface area contributed by atoms with Crippen LogP contribution in [0.4, 0.5) is 0 Å². The maximum atomic E-state index is 12.6. The second kappa shape index (κ2) is 6.58. The molecular formula is C23H23N3O4. The molecule has 0 saturated heterocycles. The van der Waals surface area contributed by atoms with Crippen LogP contribution in [0.2, 0.25) is 0 Å². The van der Waals surface area contributed by atoms with E-state index in [0.29, 0.717) is 23.7 Å². The Kier molecular flexibility index (Phi) is 4.10. The van der Waals surface area contributed by atoms with E-state index < -0.39 is 11.4 Å².